The highest BCUT2D eigenvalue weighted by Crippen LogP contribution is 2.45. The monoisotopic (exact) mass is 838 g/mol. The zero-order valence-corrected chi connectivity index (χ0v) is 33.6. The van der Waals surface area contributed by atoms with Crippen LogP contribution in [0.3, 0.4) is 0 Å². The third-order valence-electron chi connectivity index (χ3n) is 11.6. The molecule has 4 heterocycles. The van der Waals surface area contributed by atoms with E-state index in [1.807, 2.05) is 0 Å². The lowest BCUT2D eigenvalue weighted by Crippen LogP contribution is -2.53. The van der Waals surface area contributed by atoms with Crippen molar-refractivity contribution in [2.75, 3.05) is 26.2 Å². The van der Waals surface area contributed by atoms with Gasteiger partial charge in [-0.15, -0.1) is 0 Å². The summed E-state index contributed by atoms with van der Waals surface area (Å²) in [6.45, 7) is 0.290. The molecule has 18 heteroatoms. The number of halogens is 1. The number of nitrogens with two attached hydrogens (primary N) is 2. The highest BCUT2D eigenvalue weighted by atomic mass is 19.1. The molecule has 0 fully saturated rings. The maximum absolute atomic E-state index is 15.0. The lowest BCUT2D eigenvalue weighted by molar-refractivity contribution is -0.172. The van der Waals surface area contributed by atoms with Crippen molar-refractivity contribution >= 4 is 46.4 Å². The number of aliphatic hydroxyl groups is 1. The number of nitrogens with one attached hydrogen (secondary N) is 3. The number of cyclic esters (lactones) is 1. The number of carbonyl (C=O) groups excluding carboxylic acids is 6. The quantitative estimate of drug-likeness (QED) is 0.0593. The lowest BCUT2D eigenvalue weighted by atomic mass is 9.83. The van der Waals surface area contributed by atoms with E-state index in [4.69, 9.17) is 21.2 Å². The summed E-state index contributed by atoms with van der Waals surface area (Å²) in [4.78, 5) is 96.7. The Morgan fingerprint density at radius 2 is 1.84 bits per heavy atom. The van der Waals surface area contributed by atoms with Crippen LogP contribution in [0.4, 0.5) is 4.39 Å². The molecule has 1 aliphatic carbocycles. The van der Waals surface area contributed by atoms with E-state index in [9.17, 15) is 43.1 Å². The fraction of sp³-hybridized carbons (Fsp3) is 0.395. The average Bonchev–Trinajstić information content (AvgIpc) is 3.61. The Bertz CT molecular complexity index is 2510. The van der Waals surface area contributed by atoms with E-state index < -0.39 is 71.7 Å². The number of aryl methyl sites for hydroxylation is 1. The minimum absolute atomic E-state index is 0.0297. The Morgan fingerprint density at radius 1 is 1.07 bits per heavy atom. The predicted molar refractivity (Wildman–Crippen MR) is 217 cm³/mol. The molecule has 5 amide bonds. The Labute approximate surface area is 349 Å². The van der Waals surface area contributed by atoms with E-state index in [0.29, 0.717) is 64.7 Å². The Balaban J connectivity index is 1.07. The van der Waals surface area contributed by atoms with Gasteiger partial charge in [0.2, 0.25) is 29.5 Å². The highest BCUT2D eigenvalue weighted by molar-refractivity contribution is 5.94. The topological polar surface area (TPSA) is 258 Å². The van der Waals surface area contributed by atoms with E-state index in [2.05, 4.69) is 16.0 Å². The molecule has 0 spiro atoms. The number of primary amides is 1. The van der Waals surface area contributed by atoms with Gasteiger partial charge in [-0.2, -0.15) is 0 Å². The van der Waals surface area contributed by atoms with Crippen molar-refractivity contribution in [1.82, 2.24) is 30.4 Å². The molecule has 4 aromatic rings. The van der Waals surface area contributed by atoms with Crippen LogP contribution in [0, 0.1) is 5.82 Å². The van der Waals surface area contributed by atoms with Gasteiger partial charge in [-0.25, -0.2) is 14.2 Å². The van der Waals surface area contributed by atoms with Crippen LogP contribution in [0.5, 0.6) is 0 Å². The molecule has 320 valence electrons. The first kappa shape index (κ1) is 42.6. The van der Waals surface area contributed by atoms with Crippen molar-refractivity contribution in [2.24, 2.45) is 11.5 Å². The van der Waals surface area contributed by atoms with Crippen molar-refractivity contribution < 1.29 is 43.0 Å². The number of carbonyl (C=O) groups is 6. The predicted octanol–water partition coefficient (Wildman–Crippen LogP) is 0.609. The number of rotatable bonds is 16. The third kappa shape index (κ3) is 8.58. The van der Waals surface area contributed by atoms with Gasteiger partial charge in [-0.3, -0.25) is 28.8 Å². The molecule has 3 atom stereocenters. The first-order valence-electron chi connectivity index (χ1n) is 20.2. The molecular weight excluding hydrogens is 792 g/mol. The number of ether oxygens (including phenoxy) is 1. The molecule has 3 aliphatic rings. The number of benzene rings is 2. The Hall–Kier alpha value is -6.53. The normalized spacial score (nSPS) is 17.6. The van der Waals surface area contributed by atoms with Crippen LogP contribution in [0.2, 0.25) is 0 Å². The summed E-state index contributed by atoms with van der Waals surface area (Å²) < 4.78 is 21.7. The van der Waals surface area contributed by atoms with Crippen molar-refractivity contribution in [3.63, 3.8) is 0 Å². The summed E-state index contributed by atoms with van der Waals surface area (Å²) in [6, 6.07) is 11.6. The molecule has 0 bridgehead atoms. The van der Waals surface area contributed by atoms with Crippen LogP contribution in [0.15, 0.2) is 53.3 Å². The molecule has 0 radical (unpaired) electrons. The van der Waals surface area contributed by atoms with Gasteiger partial charge in [0.05, 0.1) is 54.7 Å². The average molecular weight is 839 g/mol. The van der Waals surface area contributed by atoms with Crippen LogP contribution >= 0.6 is 0 Å². The number of nitrogens with zero attached hydrogens (tertiary/aromatic N) is 3. The van der Waals surface area contributed by atoms with Crippen LogP contribution < -0.4 is 33.0 Å². The van der Waals surface area contributed by atoms with Crippen molar-refractivity contribution in [3.05, 3.63) is 98.1 Å². The van der Waals surface area contributed by atoms with Crippen LogP contribution in [-0.4, -0.2) is 87.3 Å². The molecule has 61 heavy (non-hydrogen) atoms. The second-order valence-corrected chi connectivity index (χ2v) is 15.5. The zero-order valence-electron chi connectivity index (χ0n) is 33.6. The molecule has 2 aliphatic heterocycles. The molecule has 17 nitrogen and oxygen atoms in total. The minimum Gasteiger partial charge on any atom is -0.458 e. The minimum atomic E-state index is -2.03. The standard InChI is InChI=1S/C43H47FN8O9/c1-2-43(60)28-17-32-39-26(20-52(32)40(57)27(28)22-61-42(43)59)38-29(12-11-24-15-25(44)16-30(50-39)37(24)38)48-34(54)10-6-7-13-51(21-33(46)53)41(58)31(14-23-8-4-3-5-9-23)49-36(56)19-47-35(55)18-45/h3-5,8-9,15-17,29,31,60H,2,6-7,10-14,18-22,45H2,1H3,(H2,46,53)(H,47,55)(H,48,54)(H,49,56)/t29-,31-,43-/m0/s1. The Morgan fingerprint density at radius 3 is 2.56 bits per heavy atom. The number of unbranched alkanes of at least 4 members (excludes halogenated alkanes) is 1. The van der Waals surface area contributed by atoms with Gasteiger partial charge in [0.15, 0.2) is 5.60 Å². The van der Waals surface area contributed by atoms with Crippen LogP contribution in [-0.2, 0) is 65.1 Å². The summed E-state index contributed by atoms with van der Waals surface area (Å²) in [5.41, 5.74) is 12.6. The zero-order chi connectivity index (χ0) is 43.6. The van der Waals surface area contributed by atoms with Gasteiger partial charge in [0, 0.05) is 42.0 Å². The fourth-order valence-electron chi connectivity index (χ4n) is 8.54. The summed E-state index contributed by atoms with van der Waals surface area (Å²) in [6.07, 6.45) is 1.59. The molecule has 0 unspecified atom stereocenters. The smallest absolute Gasteiger partial charge is 0.343 e. The van der Waals surface area contributed by atoms with Gasteiger partial charge < -0.3 is 46.7 Å². The number of amides is 5. The number of esters is 1. The second kappa shape index (κ2) is 17.6. The summed E-state index contributed by atoms with van der Waals surface area (Å²) in [7, 11) is 0. The summed E-state index contributed by atoms with van der Waals surface area (Å²) in [5.74, 6) is -4.17. The van der Waals surface area contributed by atoms with E-state index in [1.54, 1.807) is 43.3 Å². The number of hydrogen-bond acceptors (Lipinski definition) is 11. The van der Waals surface area contributed by atoms with E-state index in [0.717, 1.165) is 5.56 Å². The van der Waals surface area contributed by atoms with Gasteiger partial charge >= 0.3 is 5.97 Å². The highest BCUT2D eigenvalue weighted by Gasteiger charge is 2.46. The molecule has 8 N–H and O–H groups in total. The van der Waals surface area contributed by atoms with Crippen molar-refractivity contribution in [2.45, 2.75) is 82.7 Å². The molecule has 2 aromatic carbocycles. The maximum Gasteiger partial charge on any atom is 0.343 e. The third-order valence-corrected chi connectivity index (χ3v) is 11.6. The first-order chi connectivity index (χ1) is 29.2. The molecule has 0 saturated carbocycles. The van der Waals surface area contributed by atoms with Gasteiger partial charge in [0.25, 0.3) is 5.56 Å². The second-order valence-electron chi connectivity index (χ2n) is 15.5. The first-order valence-corrected chi connectivity index (χ1v) is 20.2. The summed E-state index contributed by atoms with van der Waals surface area (Å²) in [5, 5.41) is 20.1. The number of pyridine rings is 2. The molecule has 0 saturated heterocycles. The SMILES string of the molecule is CC[C@@]1(O)C(=O)OCc2c1cc1n(c2=O)Cc2c-1nc1cc(F)cc3c1c2[C@@H](NC(=O)CCCCN(CC(N)=O)C(=O)[C@H](Cc1ccccc1)NC(=O)CNC(=O)CN)CC3. The van der Waals surface area contributed by atoms with E-state index in [1.165, 1.54) is 21.6 Å². The van der Waals surface area contributed by atoms with E-state index in [-0.39, 0.29) is 62.5 Å². The summed E-state index contributed by atoms with van der Waals surface area (Å²) >= 11 is 0. The van der Waals surface area contributed by atoms with Gasteiger partial charge in [0.1, 0.15) is 18.5 Å². The molecular formula is C43H47FN8O9. The van der Waals surface area contributed by atoms with Crippen molar-refractivity contribution in [1.29, 1.82) is 0 Å². The van der Waals surface area contributed by atoms with Gasteiger partial charge in [-0.1, -0.05) is 37.3 Å². The molecule has 7 rings (SSSR count). The lowest BCUT2D eigenvalue weighted by Gasteiger charge is -2.31. The Kier molecular flexibility index (Phi) is 12.3. The van der Waals surface area contributed by atoms with Crippen LogP contribution in [0.25, 0.3) is 22.3 Å². The number of fused-ring (bicyclic) bond motifs is 5. The van der Waals surface area contributed by atoms with E-state index >= 15 is 0 Å². The maximum atomic E-state index is 15.0. The van der Waals surface area contributed by atoms with Crippen molar-refractivity contribution in [3.8, 4) is 11.4 Å². The number of aromatic nitrogens is 2. The van der Waals surface area contributed by atoms with Crippen LogP contribution in [0.1, 0.15) is 78.5 Å². The fourth-order valence-corrected chi connectivity index (χ4v) is 8.54. The molecule has 2 aromatic heterocycles. The number of hydrogen-bond donors (Lipinski definition) is 6. The largest absolute Gasteiger partial charge is 0.458 e. The van der Waals surface area contributed by atoms with Gasteiger partial charge in [-0.05, 0) is 60.9 Å².